The van der Waals surface area contributed by atoms with Crippen LogP contribution in [0.5, 0.6) is 0 Å². The molecule has 0 unspecified atom stereocenters. The van der Waals surface area contributed by atoms with Crippen molar-refractivity contribution in [2.24, 2.45) is 5.92 Å². The molecule has 0 radical (unpaired) electrons. The van der Waals surface area contributed by atoms with Gasteiger partial charge in [-0.3, -0.25) is 19.4 Å². The normalized spacial score (nSPS) is 15.9. The minimum Gasteiger partial charge on any atom is -0.465 e. The van der Waals surface area contributed by atoms with E-state index in [9.17, 15) is 9.59 Å². The Labute approximate surface area is 295 Å². The van der Waals surface area contributed by atoms with Gasteiger partial charge in [0.1, 0.15) is 0 Å². The molecule has 3 aromatic carbocycles. The van der Waals surface area contributed by atoms with Crippen molar-refractivity contribution in [3.05, 3.63) is 106 Å². The number of likely N-dealkylation sites (tertiary alicyclic amines) is 1. The molecule has 0 aromatic heterocycles. The number of piperidine rings is 1. The predicted octanol–water partition coefficient (Wildman–Crippen LogP) is 8.89. The fourth-order valence-electron chi connectivity index (χ4n) is 7.01. The number of carbonyl (C=O) groups excluding carboxylic acids is 2. The van der Waals surface area contributed by atoms with Gasteiger partial charge in [-0.1, -0.05) is 60.7 Å². The molecule has 0 bridgehead atoms. The first-order valence-electron chi connectivity index (χ1n) is 17.1. The molecule has 256 valence electrons. The van der Waals surface area contributed by atoms with E-state index < -0.39 is 5.41 Å². The monoisotopic (exact) mass is 680 g/mol. The molecule has 7 heteroatoms. The number of ketones is 1. The van der Waals surface area contributed by atoms with Gasteiger partial charge in [-0.25, -0.2) is 0 Å². The second-order valence-electron chi connectivity index (χ2n) is 13.8. The highest BCUT2D eigenvalue weighted by Gasteiger charge is 2.31. The standard InChI is InChI=1S/C40H52N2O3.2ClH/c1-5-45-39(44)40(3,4)37-19-15-32(16-20-37)27-41-24-21-31(22-25-41)11-8-14-38(43)34-18-17-33-13-9-23-42(29-36(33)26-34)28-35-12-7-6-10-30(35)2;;/h6-7,10,12,15-20,26,31H,5,8-9,11,13-14,21-25,27-29H2,1-4H3;2*1H. The maximum atomic E-state index is 13.2. The van der Waals surface area contributed by atoms with E-state index in [1.807, 2.05) is 20.8 Å². The molecule has 5 rings (SSSR count). The van der Waals surface area contributed by atoms with Gasteiger partial charge in [0.2, 0.25) is 0 Å². The number of hydrogen-bond acceptors (Lipinski definition) is 5. The van der Waals surface area contributed by atoms with Crippen LogP contribution < -0.4 is 0 Å². The summed E-state index contributed by atoms with van der Waals surface area (Å²) in [6, 6.07) is 23.6. The van der Waals surface area contributed by atoms with E-state index >= 15 is 0 Å². The molecule has 0 atom stereocenters. The zero-order chi connectivity index (χ0) is 31.8. The van der Waals surface area contributed by atoms with Crippen LogP contribution in [-0.2, 0) is 41.0 Å². The minimum absolute atomic E-state index is 0. The first kappa shape index (κ1) is 38.7. The molecule has 3 aromatic rings. The van der Waals surface area contributed by atoms with Crippen molar-refractivity contribution < 1.29 is 14.3 Å². The number of fused-ring (bicyclic) bond motifs is 1. The van der Waals surface area contributed by atoms with Gasteiger partial charge in [0.25, 0.3) is 0 Å². The number of carbonyl (C=O) groups is 2. The largest absolute Gasteiger partial charge is 0.465 e. The molecule has 0 aliphatic carbocycles. The predicted molar refractivity (Wildman–Crippen MR) is 197 cm³/mol. The zero-order valence-corrected chi connectivity index (χ0v) is 30.4. The average Bonchev–Trinajstić information content (AvgIpc) is 3.24. The molecule has 2 heterocycles. The highest BCUT2D eigenvalue weighted by molar-refractivity contribution is 5.96. The molecule has 2 aliphatic rings. The Balaban J connectivity index is 0.00000300. The number of rotatable bonds is 12. The first-order valence-corrected chi connectivity index (χ1v) is 17.1. The molecule has 0 N–H and O–H groups in total. The lowest BCUT2D eigenvalue weighted by molar-refractivity contribution is -0.148. The number of esters is 1. The van der Waals surface area contributed by atoms with Crippen LogP contribution >= 0.6 is 24.8 Å². The third kappa shape index (κ3) is 10.4. The van der Waals surface area contributed by atoms with Crippen molar-refractivity contribution in [3.8, 4) is 0 Å². The van der Waals surface area contributed by atoms with Crippen LogP contribution in [0.25, 0.3) is 0 Å². The van der Waals surface area contributed by atoms with E-state index in [-0.39, 0.29) is 30.8 Å². The van der Waals surface area contributed by atoms with Crippen LogP contribution in [0.4, 0.5) is 0 Å². The summed E-state index contributed by atoms with van der Waals surface area (Å²) in [5.74, 6) is 0.809. The van der Waals surface area contributed by atoms with Gasteiger partial charge < -0.3 is 4.74 Å². The van der Waals surface area contributed by atoms with Gasteiger partial charge in [-0.15, -0.1) is 24.8 Å². The molecule has 1 saturated heterocycles. The molecule has 1 fully saturated rings. The second kappa shape index (κ2) is 18.2. The van der Waals surface area contributed by atoms with Gasteiger partial charge >= 0.3 is 5.97 Å². The smallest absolute Gasteiger partial charge is 0.315 e. The summed E-state index contributed by atoms with van der Waals surface area (Å²) >= 11 is 0. The van der Waals surface area contributed by atoms with E-state index in [2.05, 4.69) is 83.5 Å². The lowest BCUT2D eigenvalue weighted by atomic mass is 9.84. The van der Waals surface area contributed by atoms with Crippen LogP contribution in [0, 0.1) is 12.8 Å². The van der Waals surface area contributed by atoms with Gasteiger partial charge in [0.05, 0.1) is 12.0 Å². The third-order valence-electron chi connectivity index (χ3n) is 10.1. The first-order chi connectivity index (χ1) is 21.7. The van der Waals surface area contributed by atoms with Crippen molar-refractivity contribution in [2.75, 3.05) is 26.2 Å². The Morgan fingerprint density at radius 3 is 2.30 bits per heavy atom. The van der Waals surface area contributed by atoms with Crippen LogP contribution in [0.15, 0.2) is 66.7 Å². The maximum absolute atomic E-state index is 13.2. The van der Waals surface area contributed by atoms with Gasteiger partial charge in [0, 0.05) is 31.6 Å². The average molecular weight is 682 g/mol. The van der Waals surface area contributed by atoms with E-state index in [1.165, 1.54) is 40.7 Å². The van der Waals surface area contributed by atoms with Gasteiger partial charge in [-0.05, 0) is 131 Å². The van der Waals surface area contributed by atoms with E-state index in [0.29, 0.717) is 24.7 Å². The van der Waals surface area contributed by atoms with Crippen LogP contribution in [-0.4, -0.2) is 47.8 Å². The second-order valence-corrected chi connectivity index (χ2v) is 13.8. The number of ether oxygens (including phenoxy) is 1. The molecule has 0 saturated carbocycles. The Hall–Kier alpha value is -2.70. The molecule has 5 nitrogen and oxygen atoms in total. The number of benzene rings is 3. The topological polar surface area (TPSA) is 49.9 Å². The van der Waals surface area contributed by atoms with Crippen LogP contribution in [0.2, 0.25) is 0 Å². The summed E-state index contributed by atoms with van der Waals surface area (Å²) in [7, 11) is 0. The van der Waals surface area contributed by atoms with E-state index in [1.54, 1.807) is 0 Å². The summed E-state index contributed by atoms with van der Waals surface area (Å²) < 4.78 is 5.27. The Morgan fingerprint density at radius 2 is 1.60 bits per heavy atom. The summed E-state index contributed by atoms with van der Waals surface area (Å²) in [6.45, 7) is 14.4. The fraction of sp³-hybridized carbons (Fsp3) is 0.500. The molecule has 0 amide bonds. The Kier molecular flexibility index (Phi) is 15.0. The number of hydrogen-bond donors (Lipinski definition) is 0. The highest BCUT2D eigenvalue weighted by atomic mass is 35.5. The maximum Gasteiger partial charge on any atom is 0.315 e. The molecule has 2 aliphatic heterocycles. The highest BCUT2D eigenvalue weighted by Crippen LogP contribution is 2.28. The van der Waals surface area contributed by atoms with Crippen LogP contribution in [0.3, 0.4) is 0 Å². The minimum atomic E-state index is -0.642. The Morgan fingerprint density at radius 1 is 0.872 bits per heavy atom. The molecule has 0 spiro atoms. The van der Waals surface area contributed by atoms with E-state index in [4.69, 9.17) is 4.74 Å². The van der Waals surface area contributed by atoms with Crippen LogP contribution in [0.1, 0.15) is 103 Å². The van der Waals surface area contributed by atoms with Crippen molar-refractivity contribution in [1.29, 1.82) is 0 Å². The number of aryl methyl sites for hydroxylation is 2. The number of nitrogens with zero attached hydrogens (tertiary/aromatic N) is 2. The lowest BCUT2D eigenvalue weighted by Gasteiger charge is -2.32. The summed E-state index contributed by atoms with van der Waals surface area (Å²) in [5, 5.41) is 0. The van der Waals surface area contributed by atoms with Gasteiger partial charge in [0.15, 0.2) is 5.78 Å². The quantitative estimate of drug-likeness (QED) is 0.141. The summed E-state index contributed by atoms with van der Waals surface area (Å²) in [6.07, 6.45) is 7.37. The van der Waals surface area contributed by atoms with Crippen molar-refractivity contribution in [3.63, 3.8) is 0 Å². The molecular formula is C40H54Cl2N2O3. The summed E-state index contributed by atoms with van der Waals surface area (Å²) in [4.78, 5) is 30.7. The third-order valence-corrected chi connectivity index (χ3v) is 10.1. The number of Topliss-reactive ketones (excluding diaryl/α,β-unsaturated/α-hetero) is 1. The Bertz CT molecular complexity index is 1450. The molecular weight excluding hydrogens is 627 g/mol. The van der Waals surface area contributed by atoms with Gasteiger partial charge in [-0.2, -0.15) is 0 Å². The summed E-state index contributed by atoms with van der Waals surface area (Å²) in [5.41, 5.74) is 7.99. The SMILES string of the molecule is CCOC(=O)C(C)(C)c1ccc(CN2CCC(CCCC(=O)c3ccc4c(c3)CN(Cc3ccccc3C)CCC4)CC2)cc1.Cl.Cl. The zero-order valence-electron chi connectivity index (χ0n) is 28.8. The van der Waals surface area contributed by atoms with E-state index in [0.717, 1.165) is 76.1 Å². The lowest BCUT2D eigenvalue weighted by Crippen LogP contribution is -2.33. The van der Waals surface area contributed by atoms with Crippen molar-refractivity contribution >= 4 is 36.6 Å². The fourth-order valence-corrected chi connectivity index (χ4v) is 7.01. The van der Waals surface area contributed by atoms with Crippen molar-refractivity contribution in [2.45, 2.75) is 97.7 Å². The number of halogens is 2. The van der Waals surface area contributed by atoms with Crippen molar-refractivity contribution in [1.82, 2.24) is 9.80 Å². The molecule has 47 heavy (non-hydrogen) atoms.